The number of benzene rings is 1. The van der Waals surface area contributed by atoms with E-state index in [1.54, 1.807) is 12.3 Å². The van der Waals surface area contributed by atoms with E-state index in [-0.39, 0.29) is 0 Å². The zero-order valence-corrected chi connectivity index (χ0v) is 11.5. The number of anilines is 3. The highest BCUT2D eigenvalue weighted by atomic mass is 35.5. The van der Waals surface area contributed by atoms with Crippen LogP contribution in [0.1, 0.15) is 11.1 Å². The number of rotatable bonds is 2. The lowest BCUT2D eigenvalue weighted by molar-refractivity contribution is 1.11. The molecular weight excluding hydrogens is 246 g/mol. The van der Waals surface area contributed by atoms with Gasteiger partial charge >= 0.3 is 0 Å². The topological polar surface area (TPSA) is 42.2 Å². The molecule has 0 fully saturated rings. The summed E-state index contributed by atoms with van der Waals surface area (Å²) in [6.45, 7) is 4.15. The molecule has 4 heteroatoms. The maximum absolute atomic E-state index is 6.17. The number of nitrogens with two attached hydrogens (primary N) is 1. The van der Waals surface area contributed by atoms with E-state index in [0.717, 1.165) is 5.69 Å². The van der Waals surface area contributed by atoms with E-state index in [1.165, 1.54) is 11.1 Å². The van der Waals surface area contributed by atoms with Gasteiger partial charge in [-0.15, -0.1) is 0 Å². The van der Waals surface area contributed by atoms with Crippen LogP contribution in [0.3, 0.4) is 0 Å². The van der Waals surface area contributed by atoms with Crippen LogP contribution in [0, 0.1) is 13.8 Å². The Kier molecular flexibility index (Phi) is 3.43. The minimum absolute atomic E-state index is 0.553. The molecule has 0 saturated heterocycles. The van der Waals surface area contributed by atoms with E-state index in [2.05, 4.69) is 37.0 Å². The molecule has 0 spiro atoms. The molecule has 0 saturated carbocycles. The third-order valence-corrected chi connectivity index (χ3v) is 3.15. The smallest absolute Gasteiger partial charge is 0.151 e. The normalized spacial score (nSPS) is 10.4. The largest absolute Gasteiger partial charge is 0.397 e. The lowest BCUT2D eigenvalue weighted by Crippen LogP contribution is -2.13. The maximum Gasteiger partial charge on any atom is 0.151 e. The Morgan fingerprint density at radius 1 is 1.22 bits per heavy atom. The molecule has 0 bridgehead atoms. The second-order valence-corrected chi connectivity index (χ2v) is 4.83. The molecule has 0 amide bonds. The van der Waals surface area contributed by atoms with Crippen molar-refractivity contribution in [3.8, 4) is 0 Å². The van der Waals surface area contributed by atoms with Crippen molar-refractivity contribution in [2.75, 3.05) is 17.7 Å². The van der Waals surface area contributed by atoms with E-state index >= 15 is 0 Å². The zero-order valence-electron chi connectivity index (χ0n) is 10.7. The van der Waals surface area contributed by atoms with Gasteiger partial charge in [-0.3, -0.25) is 0 Å². The number of halogens is 1. The highest BCUT2D eigenvalue weighted by molar-refractivity contribution is 6.33. The molecule has 1 aromatic carbocycles. The highest BCUT2D eigenvalue weighted by Gasteiger charge is 2.12. The summed E-state index contributed by atoms with van der Waals surface area (Å²) in [4.78, 5) is 6.26. The molecule has 0 unspecified atom stereocenters. The molecule has 18 heavy (non-hydrogen) atoms. The second-order valence-electron chi connectivity index (χ2n) is 4.42. The maximum atomic E-state index is 6.17. The highest BCUT2D eigenvalue weighted by Crippen LogP contribution is 2.31. The molecule has 0 aliphatic heterocycles. The fourth-order valence-corrected chi connectivity index (χ4v) is 2.29. The summed E-state index contributed by atoms with van der Waals surface area (Å²) in [5.74, 6) is 0.706. The number of hydrogen-bond acceptors (Lipinski definition) is 3. The first-order chi connectivity index (χ1) is 8.49. The molecule has 0 radical (unpaired) electrons. The van der Waals surface area contributed by atoms with Gasteiger partial charge in [0.1, 0.15) is 0 Å². The molecule has 2 aromatic rings. The second kappa shape index (κ2) is 4.86. The lowest BCUT2D eigenvalue weighted by atomic mass is 10.1. The van der Waals surface area contributed by atoms with E-state index in [0.29, 0.717) is 16.5 Å². The first kappa shape index (κ1) is 12.7. The zero-order chi connectivity index (χ0) is 13.3. The minimum Gasteiger partial charge on any atom is -0.397 e. The van der Waals surface area contributed by atoms with Gasteiger partial charge in [0.2, 0.25) is 0 Å². The van der Waals surface area contributed by atoms with Crippen molar-refractivity contribution in [3.05, 3.63) is 46.6 Å². The lowest BCUT2D eigenvalue weighted by Gasteiger charge is -2.22. The van der Waals surface area contributed by atoms with Gasteiger partial charge < -0.3 is 10.6 Å². The van der Waals surface area contributed by atoms with E-state index in [1.807, 2.05) is 11.9 Å². The fraction of sp³-hybridized carbons (Fsp3) is 0.214. The van der Waals surface area contributed by atoms with Gasteiger partial charge in [-0.2, -0.15) is 0 Å². The molecule has 0 aliphatic rings. The first-order valence-corrected chi connectivity index (χ1v) is 6.09. The van der Waals surface area contributed by atoms with Crippen LogP contribution in [0.4, 0.5) is 17.2 Å². The molecular formula is C14H16ClN3. The number of hydrogen-bond donors (Lipinski definition) is 1. The van der Waals surface area contributed by atoms with Gasteiger partial charge in [0.25, 0.3) is 0 Å². The third kappa shape index (κ3) is 2.41. The van der Waals surface area contributed by atoms with Crippen LogP contribution in [-0.2, 0) is 0 Å². The average Bonchev–Trinajstić information content (AvgIpc) is 2.28. The Bertz CT molecular complexity index is 530. The average molecular weight is 262 g/mol. The van der Waals surface area contributed by atoms with Gasteiger partial charge in [0.15, 0.2) is 5.82 Å². The number of aryl methyl sites for hydroxylation is 2. The van der Waals surface area contributed by atoms with Crippen molar-refractivity contribution >= 4 is 28.8 Å². The van der Waals surface area contributed by atoms with Crippen molar-refractivity contribution in [2.45, 2.75) is 13.8 Å². The molecule has 1 heterocycles. The predicted molar refractivity (Wildman–Crippen MR) is 77.6 cm³/mol. The molecule has 94 valence electrons. The Balaban J connectivity index is 2.44. The van der Waals surface area contributed by atoms with Crippen LogP contribution < -0.4 is 10.6 Å². The Labute approximate surface area is 112 Å². The predicted octanol–water partition coefficient (Wildman–Crippen LogP) is 3.70. The first-order valence-electron chi connectivity index (χ1n) is 5.71. The van der Waals surface area contributed by atoms with Crippen molar-refractivity contribution in [3.63, 3.8) is 0 Å². The van der Waals surface area contributed by atoms with Gasteiger partial charge in [-0.05, 0) is 31.5 Å². The molecule has 2 rings (SSSR count). The summed E-state index contributed by atoms with van der Waals surface area (Å²) < 4.78 is 0. The summed E-state index contributed by atoms with van der Waals surface area (Å²) >= 11 is 6.17. The van der Waals surface area contributed by atoms with Crippen molar-refractivity contribution in [1.29, 1.82) is 0 Å². The summed E-state index contributed by atoms with van der Waals surface area (Å²) in [6, 6.07) is 7.99. The third-order valence-electron chi connectivity index (χ3n) is 2.87. The number of aromatic nitrogens is 1. The number of pyridine rings is 1. The van der Waals surface area contributed by atoms with E-state index in [9.17, 15) is 0 Å². The molecule has 1 aromatic heterocycles. The van der Waals surface area contributed by atoms with Crippen molar-refractivity contribution in [1.82, 2.24) is 4.98 Å². The number of nitrogens with zero attached hydrogens (tertiary/aromatic N) is 2. The quantitative estimate of drug-likeness (QED) is 0.896. The summed E-state index contributed by atoms with van der Waals surface area (Å²) in [5, 5.41) is 0.553. The van der Waals surface area contributed by atoms with Gasteiger partial charge in [0.05, 0.1) is 16.9 Å². The van der Waals surface area contributed by atoms with Crippen LogP contribution in [0.5, 0.6) is 0 Å². The SMILES string of the molecule is Cc1ccc(N(C)c2ncc(N)cc2Cl)c(C)c1. The van der Waals surface area contributed by atoms with Crippen molar-refractivity contribution < 1.29 is 0 Å². The molecule has 3 nitrogen and oxygen atoms in total. The summed E-state index contributed by atoms with van der Waals surface area (Å²) in [7, 11) is 1.95. The van der Waals surface area contributed by atoms with Crippen LogP contribution >= 0.6 is 11.6 Å². The van der Waals surface area contributed by atoms with Crippen LogP contribution in [0.15, 0.2) is 30.5 Å². The Morgan fingerprint density at radius 2 is 1.94 bits per heavy atom. The van der Waals surface area contributed by atoms with Gasteiger partial charge in [-0.25, -0.2) is 4.98 Å². The van der Waals surface area contributed by atoms with E-state index < -0.39 is 0 Å². The van der Waals surface area contributed by atoms with Crippen LogP contribution in [0.25, 0.3) is 0 Å². The van der Waals surface area contributed by atoms with Crippen LogP contribution in [0.2, 0.25) is 5.02 Å². The van der Waals surface area contributed by atoms with Gasteiger partial charge in [-0.1, -0.05) is 29.3 Å². The fourth-order valence-electron chi connectivity index (χ4n) is 1.99. The molecule has 0 atom stereocenters. The molecule has 2 N–H and O–H groups in total. The number of nitrogen functional groups attached to an aromatic ring is 1. The molecule has 0 aliphatic carbocycles. The Hall–Kier alpha value is -1.74. The van der Waals surface area contributed by atoms with Crippen LogP contribution in [-0.4, -0.2) is 12.0 Å². The van der Waals surface area contributed by atoms with Crippen molar-refractivity contribution in [2.24, 2.45) is 0 Å². The minimum atomic E-state index is 0.553. The Morgan fingerprint density at radius 3 is 2.56 bits per heavy atom. The summed E-state index contributed by atoms with van der Waals surface area (Å²) in [5.41, 5.74) is 9.73. The van der Waals surface area contributed by atoms with E-state index in [4.69, 9.17) is 17.3 Å². The van der Waals surface area contributed by atoms with Gasteiger partial charge in [0, 0.05) is 12.7 Å². The summed E-state index contributed by atoms with van der Waals surface area (Å²) in [6.07, 6.45) is 1.61. The monoisotopic (exact) mass is 261 g/mol. The standard InChI is InChI=1S/C14H16ClN3/c1-9-4-5-13(10(2)6-9)18(3)14-12(15)7-11(16)8-17-14/h4-8H,16H2,1-3H3.